The number of hydrogen-bond acceptors (Lipinski definition) is 2. The first-order chi connectivity index (χ1) is 8.83. The summed E-state index contributed by atoms with van der Waals surface area (Å²) in [6.07, 6.45) is 1.77. The third-order valence-electron chi connectivity index (χ3n) is 2.67. The maximum absolute atomic E-state index is 5.83. The van der Waals surface area contributed by atoms with E-state index in [0.29, 0.717) is 5.88 Å². The van der Waals surface area contributed by atoms with Gasteiger partial charge in [0.25, 0.3) is 0 Å². The fourth-order valence-corrected chi connectivity index (χ4v) is 2.15. The van der Waals surface area contributed by atoms with Crippen molar-refractivity contribution in [1.82, 2.24) is 4.98 Å². The van der Waals surface area contributed by atoms with Gasteiger partial charge in [-0.05, 0) is 64.4 Å². The Balaban J connectivity index is 2.02. The Bertz CT molecular complexity index is 674. The molecule has 0 aliphatic rings. The van der Waals surface area contributed by atoms with Crippen molar-refractivity contribution in [2.75, 3.05) is 0 Å². The smallest absolute Gasteiger partial charge is 0.227 e. The maximum Gasteiger partial charge on any atom is 0.227 e. The summed E-state index contributed by atoms with van der Waals surface area (Å²) in [6.45, 7) is 0. The SMILES string of the molecule is Ic1ccc(Oc2nccc3ccccc23)cc1. The Morgan fingerprint density at radius 2 is 1.67 bits per heavy atom. The van der Waals surface area contributed by atoms with Gasteiger partial charge >= 0.3 is 0 Å². The lowest BCUT2D eigenvalue weighted by Gasteiger charge is -2.07. The van der Waals surface area contributed by atoms with Crippen molar-refractivity contribution < 1.29 is 4.74 Å². The minimum atomic E-state index is 0.648. The molecule has 0 amide bonds. The molecule has 0 spiro atoms. The first kappa shape index (κ1) is 11.5. The summed E-state index contributed by atoms with van der Waals surface area (Å²) in [5.74, 6) is 1.45. The van der Waals surface area contributed by atoms with Crippen LogP contribution in [0, 0.1) is 3.57 Å². The van der Waals surface area contributed by atoms with E-state index >= 15 is 0 Å². The van der Waals surface area contributed by atoms with E-state index in [4.69, 9.17) is 4.74 Å². The normalized spacial score (nSPS) is 10.5. The zero-order valence-electron chi connectivity index (χ0n) is 9.51. The van der Waals surface area contributed by atoms with Crippen LogP contribution >= 0.6 is 22.6 Å². The van der Waals surface area contributed by atoms with Crippen molar-refractivity contribution in [1.29, 1.82) is 0 Å². The fraction of sp³-hybridized carbons (Fsp3) is 0. The second-order valence-corrected chi connectivity index (χ2v) is 5.14. The van der Waals surface area contributed by atoms with E-state index in [-0.39, 0.29) is 0 Å². The molecule has 0 saturated carbocycles. The van der Waals surface area contributed by atoms with Gasteiger partial charge in [-0.25, -0.2) is 4.98 Å². The van der Waals surface area contributed by atoms with Crippen molar-refractivity contribution in [3.05, 3.63) is 64.4 Å². The highest BCUT2D eigenvalue weighted by atomic mass is 127. The van der Waals surface area contributed by atoms with E-state index in [9.17, 15) is 0 Å². The van der Waals surface area contributed by atoms with Crippen LogP contribution in [0.4, 0.5) is 0 Å². The summed E-state index contributed by atoms with van der Waals surface area (Å²) in [6, 6.07) is 18.0. The molecule has 1 aromatic heterocycles. The number of hydrogen-bond donors (Lipinski definition) is 0. The van der Waals surface area contributed by atoms with Crippen molar-refractivity contribution in [3.63, 3.8) is 0 Å². The molecule has 18 heavy (non-hydrogen) atoms. The van der Waals surface area contributed by atoms with Crippen molar-refractivity contribution in [2.45, 2.75) is 0 Å². The lowest BCUT2D eigenvalue weighted by Crippen LogP contribution is -1.89. The Hall–Kier alpha value is -1.62. The largest absolute Gasteiger partial charge is 0.438 e. The van der Waals surface area contributed by atoms with Gasteiger partial charge in [0.2, 0.25) is 5.88 Å². The van der Waals surface area contributed by atoms with Crippen LogP contribution in [0.15, 0.2) is 60.8 Å². The zero-order chi connectivity index (χ0) is 12.4. The van der Waals surface area contributed by atoms with Gasteiger partial charge in [0, 0.05) is 15.2 Å². The molecule has 0 fully saturated rings. The van der Waals surface area contributed by atoms with Gasteiger partial charge in [0.15, 0.2) is 0 Å². The number of halogens is 1. The number of fused-ring (bicyclic) bond motifs is 1. The molecule has 0 saturated heterocycles. The molecule has 1 heterocycles. The van der Waals surface area contributed by atoms with Crippen LogP contribution in [0.3, 0.4) is 0 Å². The minimum absolute atomic E-state index is 0.648. The molecule has 2 nitrogen and oxygen atoms in total. The Morgan fingerprint density at radius 1 is 0.889 bits per heavy atom. The molecule has 3 rings (SSSR count). The van der Waals surface area contributed by atoms with Crippen LogP contribution in [0.25, 0.3) is 10.8 Å². The van der Waals surface area contributed by atoms with Gasteiger partial charge in [0.1, 0.15) is 5.75 Å². The summed E-state index contributed by atoms with van der Waals surface area (Å²) in [4.78, 5) is 4.30. The summed E-state index contributed by atoms with van der Waals surface area (Å²) in [7, 11) is 0. The average molecular weight is 347 g/mol. The highest BCUT2D eigenvalue weighted by Gasteiger charge is 2.04. The van der Waals surface area contributed by atoms with Gasteiger partial charge in [-0.2, -0.15) is 0 Å². The average Bonchev–Trinajstić information content (AvgIpc) is 2.42. The molecule has 0 bridgehead atoms. The van der Waals surface area contributed by atoms with E-state index in [1.807, 2.05) is 48.5 Å². The second kappa shape index (κ2) is 4.94. The quantitative estimate of drug-likeness (QED) is 0.631. The van der Waals surface area contributed by atoms with Crippen LogP contribution in [-0.2, 0) is 0 Å². The molecular formula is C15H10INO. The number of aromatic nitrogens is 1. The van der Waals surface area contributed by atoms with Gasteiger partial charge < -0.3 is 4.74 Å². The van der Waals surface area contributed by atoms with Crippen molar-refractivity contribution in [3.8, 4) is 11.6 Å². The lowest BCUT2D eigenvalue weighted by atomic mass is 10.2. The van der Waals surface area contributed by atoms with Crippen LogP contribution in [-0.4, -0.2) is 4.98 Å². The molecule has 0 radical (unpaired) electrons. The van der Waals surface area contributed by atoms with Crippen LogP contribution in [0.2, 0.25) is 0 Å². The Morgan fingerprint density at radius 3 is 2.50 bits per heavy atom. The Kier molecular flexibility index (Phi) is 3.15. The number of pyridine rings is 1. The fourth-order valence-electron chi connectivity index (χ4n) is 1.79. The van der Waals surface area contributed by atoms with E-state index in [1.165, 1.54) is 3.57 Å². The van der Waals surface area contributed by atoms with E-state index in [0.717, 1.165) is 16.5 Å². The summed E-state index contributed by atoms with van der Waals surface area (Å²) < 4.78 is 7.02. The van der Waals surface area contributed by atoms with Crippen molar-refractivity contribution >= 4 is 33.4 Å². The van der Waals surface area contributed by atoms with Gasteiger partial charge in [-0.15, -0.1) is 0 Å². The predicted molar refractivity (Wildman–Crippen MR) is 81.0 cm³/mol. The summed E-state index contributed by atoms with van der Waals surface area (Å²) in [5, 5.41) is 2.16. The second-order valence-electron chi connectivity index (χ2n) is 3.89. The van der Waals surface area contributed by atoms with Crippen LogP contribution in [0.1, 0.15) is 0 Å². The molecule has 2 aromatic carbocycles. The highest BCUT2D eigenvalue weighted by molar-refractivity contribution is 14.1. The molecule has 0 unspecified atom stereocenters. The molecule has 0 aliphatic heterocycles. The Labute approximate surface area is 119 Å². The molecule has 88 valence electrons. The lowest BCUT2D eigenvalue weighted by molar-refractivity contribution is 0.469. The third kappa shape index (κ3) is 2.31. The predicted octanol–water partition coefficient (Wildman–Crippen LogP) is 4.63. The van der Waals surface area contributed by atoms with E-state index < -0.39 is 0 Å². The molecule has 0 atom stereocenters. The molecule has 0 aliphatic carbocycles. The molecule has 0 N–H and O–H groups in total. The van der Waals surface area contributed by atoms with Crippen LogP contribution < -0.4 is 4.74 Å². The van der Waals surface area contributed by atoms with E-state index in [1.54, 1.807) is 6.20 Å². The number of ether oxygens (including phenoxy) is 1. The first-order valence-corrected chi connectivity index (χ1v) is 6.68. The maximum atomic E-state index is 5.83. The number of rotatable bonds is 2. The minimum Gasteiger partial charge on any atom is -0.438 e. The molecule has 3 heteroatoms. The third-order valence-corrected chi connectivity index (χ3v) is 3.38. The van der Waals surface area contributed by atoms with Crippen molar-refractivity contribution in [2.24, 2.45) is 0 Å². The summed E-state index contributed by atoms with van der Waals surface area (Å²) in [5.41, 5.74) is 0. The number of nitrogens with zero attached hydrogens (tertiary/aromatic N) is 1. The van der Waals surface area contributed by atoms with Gasteiger partial charge in [-0.3, -0.25) is 0 Å². The van der Waals surface area contributed by atoms with Gasteiger partial charge in [0.05, 0.1) is 0 Å². The molecular weight excluding hydrogens is 337 g/mol. The monoisotopic (exact) mass is 347 g/mol. The van der Waals surface area contributed by atoms with Gasteiger partial charge in [-0.1, -0.05) is 18.2 Å². The topological polar surface area (TPSA) is 22.1 Å². The molecule has 3 aromatic rings. The zero-order valence-corrected chi connectivity index (χ0v) is 11.7. The standard InChI is InChI=1S/C15H10INO/c16-12-5-7-13(8-6-12)18-15-14-4-2-1-3-11(14)9-10-17-15/h1-10H. The summed E-state index contributed by atoms with van der Waals surface area (Å²) >= 11 is 2.27. The van der Waals surface area contributed by atoms with Crippen LogP contribution in [0.5, 0.6) is 11.6 Å². The first-order valence-electron chi connectivity index (χ1n) is 5.60. The van der Waals surface area contributed by atoms with E-state index in [2.05, 4.69) is 33.6 Å². The number of benzene rings is 2. The highest BCUT2D eigenvalue weighted by Crippen LogP contribution is 2.27.